The quantitative estimate of drug-likeness (QED) is 0.295. The number of pyridine rings is 1. The number of anilines is 1. The number of benzene rings is 1. The highest BCUT2D eigenvalue weighted by molar-refractivity contribution is 9.10. The number of aromatic nitrogens is 3. The van der Waals surface area contributed by atoms with Crippen molar-refractivity contribution in [3.63, 3.8) is 0 Å². The number of likely N-dealkylation sites (tertiary alicyclic amines) is 1. The molecule has 2 aliphatic carbocycles. The third-order valence-electron chi connectivity index (χ3n) is 7.71. The van der Waals surface area contributed by atoms with Gasteiger partial charge in [-0.3, -0.25) is 19.1 Å². The van der Waals surface area contributed by atoms with Crippen LogP contribution in [0.25, 0.3) is 10.9 Å². The van der Waals surface area contributed by atoms with Crippen molar-refractivity contribution in [3.05, 3.63) is 63.9 Å². The van der Waals surface area contributed by atoms with Crippen molar-refractivity contribution < 1.29 is 14.4 Å². The largest absolute Gasteiger partial charge is 0.325 e. The van der Waals surface area contributed by atoms with Crippen molar-refractivity contribution >= 4 is 50.2 Å². The molecule has 6 rings (SSSR count). The molecule has 9 heteroatoms. The van der Waals surface area contributed by atoms with Gasteiger partial charge in [0.25, 0.3) is 0 Å². The molecule has 3 aromatic rings. The zero-order chi connectivity index (χ0) is 25.2. The van der Waals surface area contributed by atoms with Crippen LogP contribution in [0.15, 0.2) is 47.1 Å². The van der Waals surface area contributed by atoms with Gasteiger partial charge in [-0.05, 0) is 70.3 Å². The van der Waals surface area contributed by atoms with Gasteiger partial charge >= 0.3 is 0 Å². The lowest BCUT2D eigenvalue weighted by Crippen LogP contribution is -2.47. The zero-order valence-electron chi connectivity index (χ0n) is 20.1. The predicted molar refractivity (Wildman–Crippen MR) is 139 cm³/mol. The Labute approximate surface area is 216 Å². The fraction of sp³-hybridized carbons (Fsp3) is 0.370. The molecule has 1 aliphatic heterocycles. The minimum atomic E-state index is -0.580. The Bertz CT molecular complexity index is 1480. The van der Waals surface area contributed by atoms with Crippen molar-refractivity contribution in [2.45, 2.75) is 58.2 Å². The Hall–Kier alpha value is -3.33. The molecule has 1 saturated carbocycles. The summed E-state index contributed by atoms with van der Waals surface area (Å²) in [4.78, 5) is 45.6. The summed E-state index contributed by atoms with van der Waals surface area (Å²) in [6, 6.07) is 8.92. The first-order valence-corrected chi connectivity index (χ1v) is 13.0. The topological polar surface area (TPSA) is 97.2 Å². The molecule has 1 aromatic carbocycles. The third kappa shape index (κ3) is 3.77. The van der Waals surface area contributed by atoms with Gasteiger partial charge in [-0.25, -0.2) is 4.98 Å². The number of amides is 2. The average Bonchev–Trinajstić information content (AvgIpc) is 3.32. The number of fused-ring (bicyclic) bond motifs is 4. The van der Waals surface area contributed by atoms with E-state index in [2.05, 4.69) is 56.5 Å². The molecule has 2 fully saturated rings. The number of carbonyl (C=O) groups is 3. The maximum atomic E-state index is 13.6. The number of halogens is 1. The number of rotatable bonds is 5. The number of ketones is 1. The molecule has 2 bridgehead atoms. The summed E-state index contributed by atoms with van der Waals surface area (Å²) in [5, 5.41) is 8.19. The summed E-state index contributed by atoms with van der Waals surface area (Å²) >= 11 is 3.52. The van der Waals surface area contributed by atoms with Gasteiger partial charge in [0.15, 0.2) is 5.78 Å². The SMILES string of the molecule is CC(=O)c1nn(CC(=O)N2C3C[C@]3(C)C[C@H]2C(=O)Nc2nc(Br)c3cc2CC=CC3)c2ccccc12. The van der Waals surface area contributed by atoms with E-state index in [1.165, 1.54) is 6.92 Å². The molecule has 3 aliphatic rings. The van der Waals surface area contributed by atoms with E-state index in [0.29, 0.717) is 29.0 Å². The van der Waals surface area contributed by atoms with Crippen molar-refractivity contribution in [1.82, 2.24) is 19.7 Å². The van der Waals surface area contributed by atoms with Crippen LogP contribution in [0, 0.1) is 5.41 Å². The lowest BCUT2D eigenvalue weighted by molar-refractivity contribution is -0.138. The lowest BCUT2D eigenvalue weighted by Gasteiger charge is -2.27. The smallest absolute Gasteiger partial charge is 0.248 e. The van der Waals surface area contributed by atoms with Gasteiger partial charge in [-0.1, -0.05) is 37.3 Å². The molecule has 8 nitrogen and oxygen atoms in total. The Morgan fingerprint density at radius 3 is 2.67 bits per heavy atom. The zero-order valence-corrected chi connectivity index (χ0v) is 21.7. The number of para-hydroxylation sites is 1. The predicted octanol–water partition coefficient (Wildman–Crippen LogP) is 4.07. The molecule has 1 N–H and O–H groups in total. The Morgan fingerprint density at radius 2 is 1.89 bits per heavy atom. The van der Waals surface area contributed by atoms with Gasteiger partial charge in [0.05, 0.1) is 5.52 Å². The Morgan fingerprint density at radius 1 is 1.14 bits per heavy atom. The summed E-state index contributed by atoms with van der Waals surface area (Å²) < 4.78 is 2.30. The van der Waals surface area contributed by atoms with E-state index in [-0.39, 0.29) is 35.6 Å². The fourth-order valence-electron chi connectivity index (χ4n) is 5.69. The summed E-state index contributed by atoms with van der Waals surface area (Å²) in [6.45, 7) is 3.57. The standard InChI is InChI=1S/C27H26BrN5O3/c1-15(34)23-18-9-5-6-10-19(18)32(31-23)14-22(35)33-20(12-27(2)13-21(27)33)26(36)30-25-17-8-4-3-7-16(11-17)24(28)29-25/h3-6,9-11,20-21H,7-8,12-14H2,1-2H3,(H,29,30,36)/t20-,21?,27-/m0/s1. The van der Waals surface area contributed by atoms with Crippen LogP contribution < -0.4 is 5.32 Å². The van der Waals surface area contributed by atoms with E-state index in [1.54, 1.807) is 9.58 Å². The molecular formula is C27H26BrN5O3. The normalized spacial score (nSPS) is 23.9. The molecule has 0 radical (unpaired) electrons. The number of nitrogens with zero attached hydrogens (tertiary/aromatic N) is 4. The van der Waals surface area contributed by atoms with E-state index in [4.69, 9.17) is 0 Å². The van der Waals surface area contributed by atoms with Crippen molar-refractivity contribution in [1.29, 1.82) is 0 Å². The second-order valence-corrected chi connectivity index (χ2v) is 11.0. The number of hydrogen-bond donors (Lipinski definition) is 1. The first kappa shape index (κ1) is 23.1. The molecule has 2 amide bonds. The number of nitrogens with one attached hydrogen (secondary N) is 1. The Kier molecular flexibility index (Phi) is 5.37. The van der Waals surface area contributed by atoms with Gasteiger partial charge in [-0.2, -0.15) is 5.10 Å². The van der Waals surface area contributed by atoms with Gasteiger partial charge in [0, 0.05) is 18.4 Å². The molecule has 2 aromatic heterocycles. The highest BCUT2D eigenvalue weighted by Crippen LogP contribution is 2.59. The van der Waals surface area contributed by atoms with Crippen LogP contribution in [0.1, 0.15) is 48.3 Å². The maximum absolute atomic E-state index is 13.6. The molecule has 184 valence electrons. The Balaban J connectivity index is 1.27. The van der Waals surface area contributed by atoms with Crippen LogP contribution in [0.3, 0.4) is 0 Å². The highest BCUT2D eigenvalue weighted by Gasteiger charge is 2.64. The van der Waals surface area contributed by atoms with Crippen LogP contribution in [0.2, 0.25) is 0 Å². The van der Waals surface area contributed by atoms with Crippen LogP contribution in [-0.4, -0.2) is 49.3 Å². The van der Waals surface area contributed by atoms with Crippen LogP contribution in [-0.2, 0) is 29.0 Å². The third-order valence-corrected chi connectivity index (χ3v) is 8.40. The van der Waals surface area contributed by atoms with Gasteiger partial charge in [-0.15, -0.1) is 0 Å². The maximum Gasteiger partial charge on any atom is 0.248 e. The molecule has 0 spiro atoms. The fourth-order valence-corrected chi connectivity index (χ4v) is 6.14. The highest BCUT2D eigenvalue weighted by atomic mass is 79.9. The molecule has 3 atom stereocenters. The molecule has 1 saturated heterocycles. The summed E-state index contributed by atoms with van der Waals surface area (Å²) in [6.07, 6.45) is 7.17. The number of allylic oxidation sites excluding steroid dienone is 2. The van der Waals surface area contributed by atoms with Crippen molar-refractivity contribution in [2.75, 3.05) is 5.32 Å². The first-order valence-electron chi connectivity index (χ1n) is 12.2. The van der Waals surface area contributed by atoms with E-state index in [0.717, 1.165) is 34.9 Å². The number of hydrogen-bond acceptors (Lipinski definition) is 5. The van der Waals surface area contributed by atoms with Gasteiger partial charge < -0.3 is 10.2 Å². The van der Waals surface area contributed by atoms with Crippen molar-refractivity contribution in [2.24, 2.45) is 5.41 Å². The number of Topliss-reactive ketones (excluding diaryl/α,β-unsaturated/α-hetero) is 1. The average molecular weight is 548 g/mol. The monoisotopic (exact) mass is 547 g/mol. The van der Waals surface area contributed by atoms with Gasteiger partial charge in [0.1, 0.15) is 28.7 Å². The second kappa shape index (κ2) is 8.37. The molecular weight excluding hydrogens is 522 g/mol. The number of piperidine rings is 1. The first-order chi connectivity index (χ1) is 17.2. The minimum absolute atomic E-state index is 0.0291. The van der Waals surface area contributed by atoms with E-state index >= 15 is 0 Å². The molecule has 36 heavy (non-hydrogen) atoms. The van der Waals surface area contributed by atoms with E-state index in [9.17, 15) is 14.4 Å². The van der Waals surface area contributed by atoms with E-state index in [1.807, 2.05) is 24.3 Å². The summed E-state index contributed by atoms with van der Waals surface area (Å²) in [7, 11) is 0. The number of carbonyl (C=O) groups excluding carboxylic acids is 3. The molecule has 1 unspecified atom stereocenters. The molecule has 3 heterocycles. The van der Waals surface area contributed by atoms with Gasteiger partial charge in [0.2, 0.25) is 11.8 Å². The lowest BCUT2D eigenvalue weighted by atomic mass is 10.0. The second-order valence-electron chi connectivity index (χ2n) is 10.3. The van der Waals surface area contributed by atoms with Crippen molar-refractivity contribution in [3.8, 4) is 0 Å². The summed E-state index contributed by atoms with van der Waals surface area (Å²) in [5.74, 6) is -0.00667. The van der Waals surface area contributed by atoms with Crippen LogP contribution >= 0.6 is 15.9 Å². The van der Waals surface area contributed by atoms with E-state index < -0.39 is 6.04 Å². The van der Waals surface area contributed by atoms with Crippen LogP contribution in [0.5, 0.6) is 0 Å². The minimum Gasteiger partial charge on any atom is -0.325 e. The summed E-state index contributed by atoms with van der Waals surface area (Å²) in [5.41, 5.74) is 3.07. The van der Waals surface area contributed by atoms with Crippen LogP contribution in [0.4, 0.5) is 5.82 Å².